The van der Waals surface area contributed by atoms with Crippen LogP contribution in [-0.2, 0) is 10.3 Å². The molecule has 0 aliphatic rings. The van der Waals surface area contributed by atoms with E-state index in [9.17, 15) is 4.79 Å². The summed E-state index contributed by atoms with van der Waals surface area (Å²) in [5, 5.41) is 4.15. The summed E-state index contributed by atoms with van der Waals surface area (Å²) in [5.41, 5.74) is 0.569. The summed E-state index contributed by atoms with van der Waals surface area (Å²) in [6.45, 7) is 2.51. The first-order chi connectivity index (χ1) is 11.7. The molecule has 0 saturated carbocycles. The van der Waals surface area contributed by atoms with Crippen LogP contribution < -0.4 is 5.32 Å². The molecule has 0 aliphatic heterocycles. The molecule has 0 spiro atoms. The third-order valence-corrected chi connectivity index (χ3v) is 5.56. The fourth-order valence-electron chi connectivity index (χ4n) is 2.91. The normalized spacial score (nSPS) is 13.6. The van der Waals surface area contributed by atoms with Gasteiger partial charge in [-0.1, -0.05) is 55.5 Å². The molecule has 0 saturated heterocycles. The lowest BCUT2D eigenvalue weighted by Gasteiger charge is -2.32. The highest BCUT2D eigenvalue weighted by molar-refractivity contribution is 7.20. The highest BCUT2D eigenvalue weighted by Crippen LogP contribution is 2.29. The van der Waals surface area contributed by atoms with Crippen molar-refractivity contribution in [2.75, 3.05) is 13.7 Å². The lowest BCUT2D eigenvalue weighted by molar-refractivity contribution is -0.0164. The number of carbonyl (C=O) groups excluding carboxylic acids is 1. The summed E-state index contributed by atoms with van der Waals surface area (Å²) in [7, 11) is 1.70. The molecule has 0 radical (unpaired) electrons. The van der Waals surface area contributed by atoms with E-state index in [4.69, 9.17) is 4.74 Å². The van der Waals surface area contributed by atoms with E-state index in [1.807, 2.05) is 60.7 Å². The molecular formula is C20H21NO2S. The Morgan fingerprint density at radius 3 is 2.50 bits per heavy atom. The van der Waals surface area contributed by atoms with Crippen LogP contribution >= 0.6 is 11.3 Å². The Kier molecular flexibility index (Phi) is 4.97. The molecular weight excluding hydrogens is 318 g/mol. The number of amides is 1. The van der Waals surface area contributed by atoms with Gasteiger partial charge in [-0.2, -0.15) is 0 Å². The molecule has 1 amide bonds. The maximum atomic E-state index is 12.6. The topological polar surface area (TPSA) is 38.3 Å². The van der Waals surface area contributed by atoms with Crippen LogP contribution in [0.1, 0.15) is 28.6 Å². The summed E-state index contributed by atoms with van der Waals surface area (Å²) in [6, 6.07) is 20.0. The fourth-order valence-corrected chi connectivity index (χ4v) is 3.89. The average Bonchev–Trinajstić information content (AvgIpc) is 3.08. The molecule has 1 N–H and O–H groups in total. The zero-order valence-electron chi connectivity index (χ0n) is 13.9. The molecule has 3 rings (SSSR count). The molecule has 3 aromatic rings. The number of rotatable bonds is 6. The highest BCUT2D eigenvalue weighted by atomic mass is 32.1. The summed E-state index contributed by atoms with van der Waals surface area (Å²) >= 11 is 1.51. The number of hydrogen-bond acceptors (Lipinski definition) is 3. The highest BCUT2D eigenvalue weighted by Gasteiger charge is 2.30. The zero-order chi connectivity index (χ0) is 17.0. The predicted molar refractivity (Wildman–Crippen MR) is 99.6 cm³/mol. The first-order valence-corrected chi connectivity index (χ1v) is 8.87. The summed E-state index contributed by atoms with van der Waals surface area (Å²) in [6.07, 6.45) is 0.778. The van der Waals surface area contributed by atoms with Crippen LogP contribution in [0, 0.1) is 0 Å². The lowest BCUT2D eigenvalue weighted by Crippen LogP contribution is -2.41. The van der Waals surface area contributed by atoms with Crippen molar-refractivity contribution in [1.29, 1.82) is 0 Å². The summed E-state index contributed by atoms with van der Waals surface area (Å²) < 4.78 is 6.93. The van der Waals surface area contributed by atoms with Crippen LogP contribution in [0.2, 0.25) is 0 Å². The molecule has 1 atom stereocenters. The van der Waals surface area contributed by atoms with E-state index in [1.54, 1.807) is 7.11 Å². The van der Waals surface area contributed by atoms with Gasteiger partial charge in [-0.25, -0.2) is 0 Å². The Labute approximate surface area is 146 Å². The second-order valence-corrected chi connectivity index (χ2v) is 6.83. The molecule has 3 nitrogen and oxygen atoms in total. The van der Waals surface area contributed by atoms with Crippen molar-refractivity contribution >= 4 is 27.3 Å². The van der Waals surface area contributed by atoms with E-state index in [2.05, 4.69) is 12.2 Å². The molecule has 2 aromatic carbocycles. The Morgan fingerprint density at radius 1 is 1.12 bits per heavy atom. The van der Waals surface area contributed by atoms with Crippen LogP contribution in [0.5, 0.6) is 0 Å². The number of ether oxygens (including phenoxy) is 1. The smallest absolute Gasteiger partial charge is 0.261 e. The van der Waals surface area contributed by atoms with E-state index in [0.29, 0.717) is 6.54 Å². The van der Waals surface area contributed by atoms with Gasteiger partial charge in [-0.05, 0) is 29.5 Å². The van der Waals surface area contributed by atoms with E-state index in [1.165, 1.54) is 11.3 Å². The molecule has 1 heterocycles. The zero-order valence-corrected chi connectivity index (χ0v) is 14.7. The first-order valence-electron chi connectivity index (χ1n) is 8.06. The van der Waals surface area contributed by atoms with Crippen LogP contribution in [0.25, 0.3) is 10.1 Å². The predicted octanol–water partition coefficient (Wildman–Crippen LogP) is 4.58. The number of fused-ring (bicyclic) bond motifs is 1. The third kappa shape index (κ3) is 3.21. The van der Waals surface area contributed by atoms with Gasteiger partial charge in [0.2, 0.25) is 0 Å². The second-order valence-electron chi connectivity index (χ2n) is 5.75. The van der Waals surface area contributed by atoms with Gasteiger partial charge < -0.3 is 10.1 Å². The SMILES string of the molecule is CC[C@@](CNC(=O)c1cc2ccccc2s1)(OC)c1ccccc1. The van der Waals surface area contributed by atoms with Crippen LogP contribution in [0.4, 0.5) is 0 Å². The van der Waals surface area contributed by atoms with E-state index in [-0.39, 0.29) is 5.91 Å². The van der Waals surface area contributed by atoms with Crippen molar-refractivity contribution in [1.82, 2.24) is 5.32 Å². The fraction of sp³-hybridized carbons (Fsp3) is 0.250. The van der Waals surface area contributed by atoms with Crippen molar-refractivity contribution in [2.45, 2.75) is 18.9 Å². The molecule has 0 unspecified atom stereocenters. The molecule has 0 fully saturated rings. The van der Waals surface area contributed by atoms with Gasteiger partial charge in [0.25, 0.3) is 5.91 Å². The Hall–Kier alpha value is -2.17. The standard InChI is InChI=1S/C20H21NO2S/c1-3-20(23-2,16-10-5-4-6-11-16)14-21-19(22)18-13-15-9-7-8-12-17(15)24-18/h4-13H,3,14H2,1-2H3,(H,21,22)/t20-/m0/s1. The quantitative estimate of drug-likeness (QED) is 0.714. The van der Waals surface area contributed by atoms with Crippen molar-refractivity contribution in [3.05, 3.63) is 71.1 Å². The van der Waals surface area contributed by atoms with Crippen molar-refractivity contribution < 1.29 is 9.53 Å². The largest absolute Gasteiger partial charge is 0.372 e. The van der Waals surface area contributed by atoms with Gasteiger partial charge in [0.1, 0.15) is 5.60 Å². The van der Waals surface area contributed by atoms with E-state index >= 15 is 0 Å². The monoisotopic (exact) mass is 339 g/mol. The summed E-state index contributed by atoms with van der Waals surface area (Å²) in [5.74, 6) is -0.0537. The number of thiophene rings is 1. The van der Waals surface area contributed by atoms with Gasteiger partial charge >= 0.3 is 0 Å². The van der Waals surface area contributed by atoms with E-state index in [0.717, 1.165) is 26.9 Å². The second kappa shape index (κ2) is 7.16. The van der Waals surface area contributed by atoms with Crippen LogP contribution in [0.15, 0.2) is 60.7 Å². The van der Waals surface area contributed by atoms with Gasteiger partial charge in [-0.3, -0.25) is 4.79 Å². The number of methoxy groups -OCH3 is 1. The number of carbonyl (C=O) groups is 1. The van der Waals surface area contributed by atoms with Crippen molar-refractivity contribution in [3.63, 3.8) is 0 Å². The van der Waals surface area contributed by atoms with Gasteiger partial charge in [0, 0.05) is 11.8 Å². The van der Waals surface area contributed by atoms with Crippen LogP contribution in [-0.4, -0.2) is 19.6 Å². The average molecular weight is 339 g/mol. The first kappa shape index (κ1) is 16.7. The van der Waals surface area contributed by atoms with Gasteiger partial charge in [0.15, 0.2) is 0 Å². The molecule has 0 bridgehead atoms. The van der Waals surface area contributed by atoms with Gasteiger partial charge in [-0.15, -0.1) is 11.3 Å². The number of nitrogens with one attached hydrogen (secondary N) is 1. The lowest BCUT2D eigenvalue weighted by atomic mass is 9.90. The Bertz CT molecular complexity index is 789. The molecule has 1 aromatic heterocycles. The molecule has 24 heavy (non-hydrogen) atoms. The van der Waals surface area contributed by atoms with Crippen molar-refractivity contribution in [3.8, 4) is 0 Å². The number of hydrogen-bond donors (Lipinski definition) is 1. The summed E-state index contributed by atoms with van der Waals surface area (Å²) in [4.78, 5) is 13.3. The maximum Gasteiger partial charge on any atom is 0.261 e. The Balaban J connectivity index is 1.78. The molecule has 4 heteroatoms. The minimum atomic E-state index is -0.506. The van der Waals surface area contributed by atoms with Crippen LogP contribution in [0.3, 0.4) is 0 Å². The Morgan fingerprint density at radius 2 is 1.83 bits per heavy atom. The third-order valence-electron chi connectivity index (χ3n) is 4.45. The minimum Gasteiger partial charge on any atom is -0.372 e. The molecule has 124 valence electrons. The minimum absolute atomic E-state index is 0.0537. The number of benzene rings is 2. The van der Waals surface area contributed by atoms with Gasteiger partial charge in [0.05, 0.1) is 11.4 Å². The molecule has 0 aliphatic carbocycles. The van der Waals surface area contributed by atoms with Crippen molar-refractivity contribution in [2.24, 2.45) is 0 Å². The maximum absolute atomic E-state index is 12.6. The van der Waals surface area contributed by atoms with E-state index < -0.39 is 5.60 Å².